The fourth-order valence-electron chi connectivity index (χ4n) is 3.40. The number of rotatable bonds is 6. The predicted octanol–water partition coefficient (Wildman–Crippen LogP) is 8.96. The Bertz CT molecular complexity index is 1540. The van der Waals surface area contributed by atoms with Gasteiger partial charge in [0.25, 0.3) is 11.1 Å². The SMILES string of the molecule is O=C1S/C(=C\c2cc(Br)c(Oc3ccc(C(F)(F)F)cc3[N+](=O)[O-])c(Br)c2)C(=O)N1Cc1ccc(F)cc1Cl. The van der Waals surface area contributed by atoms with E-state index in [1.54, 1.807) is 0 Å². The molecular formula is C24H11Br2ClF4N2O5S. The lowest BCUT2D eigenvalue weighted by Crippen LogP contribution is -2.27. The van der Waals surface area contributed by atoms with Gasteiger partial charge in [-0.2, -0.15) is 13.2 Å². The summed E-state index contributed by atoms with van der Waals surface area (Å²) in [5.74, 6) is -1.57. The molecule has 1 fully saturated rings. The molecule has 3 aromatic carbocycles. The van der Waals surface area contributed by atoms with Crippen LogP contribution in [0.15, 0.2) is 62.4 Å². The number of carbonyl (C=O) groups is 2. The van der Waals surface area contributed by atoms with E-state index in [9.17, 15) is 37.3 Å². The van der Waals surface area contributed by atoms with Crippen LogP contribution in [0, 0.1) is 15.9 Å². The highest BCUT2D eigenvalue weighted by Crippen LogP contribution is 2.43. The van der Waals surface area contributed by atoms with E-state index in [1.165, 1.54) is 24.3 Å². The van der Waals surface area contributed by atoms with Crippen molar-refractivity contribution in [1.29, 1.82) is 0 Å². The topological polar surface area (TPSA) is 89.7 Å². The van der Waals surface area contributed by atoms with Crippen LogP contribution in [0.2, 0.25) is 5.02 Å². The van der Waals surface area contributed by atoms with Crippen LogP contribution in [-0.2, 0) is 17.5 Å². The molecule has 202 valence electrons. The van der Waals surface area contributed by atoms with E-state index in [2.05, 4.69) is 31.9 Å². The number of nitro groups is 1. The number of amides is 2. The molecule has 0 spiro atoms. The number of carbonyl (C=O) groups excluding carboxylic acids is 2. The van der Waals surface area contributed by atoms with Gasteiger partial charge in [-0.15, -0.1) is 0 Å². The number of hydrogen-bond acceptors (Lipinski definition) is 6. The molecule has 0 bridgehead atoms. The minimum absolute atomic E-state index is 0.0223. The molecule has 1 heterocycles. The Morgan fingerprint density at radius 2 is 1.74 bits per heavy atom. The number of imide groups is 1. The summed E-state index contributed by atoms with van der Waals surface area (Å²) in [4.78, 5) is 36.8. The van der Waals surface area contributed by atoms with Gasteiger partial charge in [0.2, 0.25) is 5.75 Å². The molecular weight excluding hydrogens is 700 g/mol. The van der Waals surface area contributed by atoms with Gasteiger partial charge in [-0.1, -0.05) is 17.7 Å². The average Bonchev–Trinajstić information content (AvgIpc) is 3.09. The predicted molar refractivity (Wildman–Crippen MR) is 143 cm³/mol. The number of nitro benzene ring substituents is 1. The molecule has 0 aliphatic carbocycles. The van der Waals surface area contributed by atoms with Crippen molar-refractivity contribution in [3.05, 3.63) is 100 Å². The second-order valence-corrected chi connectivity index (χ2v) is 11.0. The minimum Gasteiger partial charge on any atom is -0.448 e. The van der Waals surface area contributed by atoms with Gasteiger partial charge in [-0.05, 0) is 97.2 Å². The second kappa shape index (κ2) is 11.3. The third-order valence-electron chi connectivity index (χ3n) is 5.23. The van der Waals surface area contributed by atoms with Crippen LogP contribution in [0.3, 0.4) is 0 Å². The molecule has 0 saturated carbocycles. The third-order valence-corrected chi connectivity index (χ3v) is 7.67. The number of hydrogen-bond donors (Lipinski definition) is 0. The summed E-state index contributed by atoms with van der Waals surface area (Å²) >= 11 is 13.2. The van der Waals surface area contributed by atoms with Crippen LogP contribution in [0.25, 0.3) is 6.08 Å². The van der Waals surface area contributed by atoms with Gasteiger partial charge >= 0.3 is 11.9 Å². The van der Waals surface area contributed by atoms with Gasteiger partial charge in [0.15, 0.2) is 5.75 Å². The van der Waals surface area contributed by atoms with E-state index in [1.807, 2.05) is 0 Å². The molecule has 1 aliphatic heterocycles. The Morgan fingerprint density at radius 3 is 2.33 bits per heavy atom. The summed E-state index contributed by atoms with van der Waals surface area (Å²) in [5, 5.41) is 10.9. The van der Waals surface area contributed by atoms with Crippen molar-refractivity contribution < 1.29 is 36.8 Å². The Hall–Kier alpha value is -2.94. The lowest BCUT2D eigenvalue weighted by Gasteiger charge is -2.14. The summed E-state index contributed by atoms with van der Waals surface area (Å²) in [7, 11) is 0. The second-order valence-electron chi connectivity index (χ2n) is 7.86. The number of benzene rings is 3. The minimum atomic E-state index is -4.78. The first-order valence-electron chi connectivity index (χ1n) is 10.5. The van der Waals surface area contributed by atoms with Crippen LogP contribution in [0.4, 0.5) is 28.0 Å². The Labute approximate surface area is 243 Å². The molecule has 3 aromatic rings. The third kappa shape index (κ3) is 6.45. The zero-order valence-corrected chi connectivity index (χ0v) is 23.6. The molecule has 4 rings (SSSR count). The number of ether oxygens (including phenoxy) is 1. The maximum Gasteiger partial charge on any atom is 0.416 e. The van der Waals surface area contributed by atoms with Crippen LogP contribution in [-0.4, -0.2) is 21.0 Å². The van der Waals surface area contributed by atoms with E-state index in [0.717, 1.165) is 23.1 Å². The van der Waals surface area contributed by atoms with Crippen LogP contribution in [0.5, 0.6) is 11.5 Å². The fourth-order valence-corrected chi connectivity index (χ4v) is 5.85. The fraction of sp³-hybridized carbons (Fsp3) is 0.0833. The molecule has 7 nitrogen and oxygen atoms in total. The quantitative estimate of drug-likeness (QED) is 0.110. The normalized spacial score (nSPS) is 14.8. The molecule has 39 heavy (non-hydrogen) atoms. The van der Waals surface area contributed by atoms with E-state index >= 15 is 0 Å². The average molecular weight is 711 g/mol. The van der Waals surface area contributed by atoms with Crippen molar-refractivity contribution >= 4 is 78.1 Å². The van der Waals surface area contributed by atoms with E-state index < -0.39 is 45.1 Å². The number of thioether (sulfide) groups is 1. The maximum absolute atomic E-state index is 13.3. The van der Waals surface area contributed by atoms with Gasteiger partial charge in [-0.25, -0.2) is 4.39 Å². The van der Waals surface area contributed by atoms with Crippen molar-refractivity contribution in [1.82, 2.24) is 4.90 Å². The largest absolute Gasteiger partial charge is 0.448 e. The van der Waals surface area contributed by atoms with Crippen molar-refractivity contribution in [3.8, 4) is 11.5 Å². The standard InChI is InChI=1S/C24H11Br2ClF4N2O5S/c25-15-5-11(7-20-22(34)32(23(35)39-20)10-12-1-3-14(28)9-17(12)27)6-16(26)21(15)38-19-4-2-13(24(29,30)31)8-18(19)33(36)37/h1-9H,10H2/b20-7-. The number of alkyl halides is 3. The molecule has 0 radical (unpaired) electrons. The Balaban J connectivity index is 1.59. The zero-order chi connectivity index (χ0) is 28.6. The highest BCUT2D eigenvalue weighted by molar-refractivity contribution is 9.11. The Morgan fingerprint density at radius 1 is 1.08 bits per heavy atom. The van der Waals surface area contributed by atoms with E-state index in [-0.39, 0.29) is 31.2 Å². The van der Waals surface area contributed by atoms with E-state index in [4.69, 9.17) is 16.3 Å². The molecule has 0 atom stereocenters. The summed E-state index contributed by atoms with van der Waals surface area (Å²) in [5.41, 5.74) is -1.28. The first-order valence-corrected chi connectivity index (χ1v) is 13.2. The first kappa shape index (κ1) is 29.1. The lowest BCUT2D eigenvalue weighted by atomic mass is 10.1. The molecule has 0 unspecified atom stereocenters. The first-order chi connectivity index (χ1) is 18.2. The van der Waals surface area contributed by atoms with Gasteiger partial charge in [0.05, 0.1) is 30.9 Å². The van der Waals surface area contributed by atoms with Crippen LogP contribution >= 0.6 is 55.2 Å². The zero-order valence-electron chi connectivity index (χ0n) is 18.9. The van der Waals surface area contributed by atoms with Crippen LogP contribution in [0.1, 0.15) is 16.7 Å². The van der Waals surface area contributed by atoms with Crippen molar-refractivity contribution in [2.24, 2.45) is 0 Å². The summed E-state index contributed by atoms with van der Waals surface area (Å²) in [6.45, 7) is -0.160. The van der Waals surface area contributed by atoms with Crippen molar-refractivity contribution in [2.75, 3.05) is 0 Å². The lowest BCUT2D eigenvalue weighted by molar-refractivity contribution is -0.385. The van der Waals surface area contributed by atoms with Gasteiger partial charge < -0.3 is 4.74 Å². The smallest absolute Gasteiger partial charge is 0.416 e. The van der Waals surface area contributed by atoms with E-state index in [0.29, 0.717) is 35.0 Å². The van der Waals surface area contributed by atoms with Gasteiger partial charge in [-0.3, -0.25) is 24.6 Å². The highest BCUT2D eigenvalue weighted by atomic mass is 79.9. The summed E-state index contributed by atoms with van der Waals surface area (Å²) in [6, 6.07) is 8.46. The molecule has 1 aliphatic rings. The monoisotopic (exact) mass is 708 g/mol. The molecule has 15 heteroatoms. The highest BCUT2D eigenvalue weighted by Gasteiger charge is 2.36. The molecule has 0 N–H and O–H groups in total. The van der Waals surface area contributed by atoms with Crippen molar-refractivity contribution in [2.45, 2.75) is 12.7 Å². The molecule has 2 amide bonds. The Kier molecular flexibility index (Phi) is 8.40. The summed E-state index contributed by atoms with van der Waals surface area (Å²) in [6.07, 6.45) is -3.35. The maximum atomic E-state index is 13.3. The van der Waals surface area contributed by atoms with Crippen LogP contribution < -0.4 is 4.74 Å². The summed E-state index contributed by atoms with van der Waals surface area (Å²) < 4.78 is 58.4. The van der Waals surface area contributed by atoms with Crippen molar-refractivity contribution in [3.63, 3.8) is 0 Å². The number of nitrogens with zero attached hydrogens (tertiary/aromatic N) is 2. The molecule has 0 aromatic heterocycles. The number of halogens is 7. The van der Waals surface area contributed by atoms with Gasteiger partial charge in [0.1, 0.15) is 5.82 Å². The van der Waals surface area contributed by atoms with Gasteiger partial charge in [0, 0.05) is 11.1 Å². The molecule has 1 saturated heterocycles.